The van der Waals surface area contributed by atoms with Crippen molar-refractivity contribution in [3.8, 4) is 0 Å². The number of aryl methyl sites for hydroxylation is 1. The van der Waals surface area contributed by atoms with E-state index in [0.717, 1.165) is 0 Å². The van der Waals surface area contributed by atoms with E-state index < -0.39 is 0 Å². The van der Waals surface area contributed by atoms with E-state index in [9.17, 15) is 0 Å². The maximum absolute atomic E-state index is 6.32. The SMILES string of the molecule is CSCCC1CCc2ccccc2C1N. The Hall–Kier alpha value is -0.470. The molecular weight excluding hydrogens is 202 g/mol. The summed E-state index contributed by atoms with van der Waals surface area (Å²) >= 11 is 1.92. The van der Waals surface area contributed by atoms with Crippen molar-refractivity contribution in [1.82, 2.24) is 0 Å². The average molecular weight is 221 g/mol. The van der Waals surface area contributed by atoms with Gasteiger partial charge in [-0.05, 0) is 48.3 Å². The van der Waals surface area contributed by atoms with Crippen LogP contribution >= 0.6 is 11.8 Å². The second-order valence-corrected chi connectivity index (χ2v) is 5.29. The average Bonchev–Trinajstić information content (AvgIpc) is 2.29. The lowest BCUT2D eigenvalue weighted by Crippen LogP contribution is -2.27. The summed E-state index contributed by atoms with van der Waals surface area (Å²) in [6.07, 6.45) is 5.90. The Morgan fingerprint density at radius 1 is 1.40 bits per heavy atom. The van der Waals surface area contributed by atoms with E-state index in [4.69, 9.17) is 5.73 Å². The topological polar surface area (TPSA) is 26.0 Å². The number of fused-ring (bicyclic) bond motifs is 1. The highest BCUT2D eigenvalue weighted by molar-refractivity contribution is 7.98. The van der Waals surface area contributed by atoms with Crippen LogP contribution in [0.2, 0.25) is 0 Å². The molecule has 82 valence electrons. The van der Waals surface area contributed by atoms with Crippen molar-refractivity contribution >= 4 is 11.8 Å². The first-order valence-corrected chi connectivity index (χ1v) is 7.04. The summed E-state index contributed by atoms with van der Waals surface area (Å²) < 4.78 is 0. The zero-order chi connectivity index (χ0) is 10.7. The molecule has 1 nitrogen and oxygen atoms in total. The van der Waals surface area contributed by atoms with Crippen LogP contribution in [0.15, 0.2) is 24.3 Å². The number of benzene rings is 1. The Morgan fingerprint density at radius 2 is 2.20 bits per heavy atom. The third-order valence-corrected chi connectivity index (χ3v) is 4.04. The molecule has 0 aliphatic heterocycles. The smallest absolute Gasteiger partial charge is 0.0326 e. The van der Waals surface area contributed by atoms with Gasteiger partial charge in [-0.3, -0.25) is 0 Å². The zero-order valence-corrected chi connectivity index (χ0v) is 10.1. The van der Waals surface area contributed by atoms with Gasteiger partial charge >= 0.3 is 0 Å². The lowest BCUT2D eigenvalue weighted by molar-refractivity contribution is 0.370. The quantitative estimate of drug-likeness (QED) is 0.849. The number of rotatable bonds is 3. The molecule has 2 rings (SSSR count). The van der Waals surface area contributed by atoms with Gasteiger partial charge in [0.05, 0.1) is 0 Å². The van der Waals surface area contributed by atoms with Crippen LogP contribution in [0, 0.1) is 5.92 Å². The van der Waals surface area contributed by atoms with E-state index in [1.165, 1.54) is 36.1 Å². The molecule has 2 unspecified atom stereocenters. The van der Waals surface area contributed by atoms with Gasteiger partial charge in [0.25, 0.3) is 0 Å². The van der Waals surface area contributed by atoms with Crippen LogP contribution in [-0.2, 0) is 6.42 Å². The van der Waals surface area contributed by atoms with E-state index in [1.807, 2.05) is 11.8 Å². The van der Waals surface area contributed by atoms with Gasteiger partial charge in [0.2, 0.25) is 0 Å². The van der Waals surface area contributed by atoms with Crippen molar-refractivity contribution in [3.63, 3.8) is 0 Å². The van der Waals surface area contributed by atoms with Gasteiger partial charge in [-0.15, -0.1) is 0 Å². The fourth-order valence-corrected chi connectivity index (χ4v) is 2.99. The van der Waals surface area contributed by atoms with Crippen LogP contribution in [0.25, 0.3) is 0 Å². The summed E-state index contributed by atoms with van der Waals surface area (Å²) in [7, 11) is 0. The summed E-state index contributed by atoms with van der Waals surface area (Å²) in [5.74, 6) is 1.92. The summed E-state index contributed by atoms with van der Waals surface area (Å²) in [4.78, 5) is 0. The Labute approximate surface area is 96.4 Å². The monoisotopic (exact) mass is 221 g/mol. The maximum atomic E-state index is 6.32. The highest BCUT2D eigenvalue weighted by Gasteiger charge is 2.25. The zero-order valence-electron chi connectivity index (χ0n) is 9.28. The van der Waals surface area contributed by atoms with Crippen LogP contribution in [0.5, 0.6) is 0 Å². The van der Waals surface area contributed by atoms with Crippen LogP contribution in [0.1, 0.15) is 30.0 Å². The van der Waals surface area contributed by atoms with E-state index in [1.54, 1.807) is 0 Å². The molecule has 0 radical (unpaired) electrons. The normalized spacial score (nSPS) is 24.9. The minimum Gasteiger partial charge on any atom is -0.324 e. The molecule has 1 aromatic carbocycles. The van der Waals surface area contributed by atoms with Crippen LogP contribution in [0.3, 0.4) is 0 Å². The van der Waals surface area contributed by atoms with Gasteiger partial charge < -0.3 is 5.73 Å². The summed E-state index contributed by atoms with van der Waals surface area (Å²) in [5.41, 5.74) is 9.17. The minimum atomic E-state index is 0.266. The van der Waals surface area contributed by atoms with Crippen molar-refractivity contribution in [1.29, 1.82) is 0 Å². The molecule has 0 heterocycles. The molecule has 1 aromatic rings. The van der Waals surface area contributed by atoms with Gasteiger partial charge in [0, 0.05) is 6.04 Å². The Morgan fingerprint density at radius 3 is 3.00 bits per heavy atom. The van der Waals surface area contributed by atoms with Crippen molar-refractivity contribution in [3.05, 3.63) is 35.4 Å². The molecule has 2 atom stereocenters. The predicted octanol–water partition coefficient (Wildman–Crippen LogP) is 3.00. The first kappa shape index (κ1) is 11.0. The van der Waals surface area contributed by atoms with E-state index in [0.29, 0.717) is 5.92 Å². The van der Waals surface area contributed by atoms with Crippen LogP contribution < -0.4 is 5.73 Å². The lowest BCUT2D eigenvalue weighted by Gasteiger charge is -2.30. The van der Waals surface area contributed by atoms with Gasteiger partial charge in [-0.1, -0.05) is 24.3 Å². The second-order valence-electron chi connectivity index (χ2n) is 4.30. The van der Waals surface area contributed by atoms with E-state index >= 15 is 0 Å². The summed E-state index contributed by atoms with van der Waals surface area (Å²) in [5, 5.41) is 0. The van der Waals surface area contributed by atoms with Gasteiger partial charge in [-0.25, -0.2) is 0 Å². The highest BCUT2D eigenvalue weighted by atomic mass is 32.2. The molecule has 1 aliphatic carbocycles. The van der Waals surface area contributed by atoms with Crippen molar-refractivity contribution in [2.45, 2.75) is 25.3 Å². The standard InChI is InChI=1S/C13H19NS/c1-15-9-8-11-7-6-10-4-2-3-5-12(10)13(11)14/h2-5,11,13H,6-9,14H2,1H3. The third kappa shape index (κ3) is 2.37. The third-order valence-electron chi connectivity index (χ3n) is 3.40. The summed E-state index contributed by atoms with van der Waals surface area (Å²) in [6, 6.07) is 8.91. The minimum absolute atomic E-state index is 0.266. The van der Waals surface area contributed by atoms with Gasteiger partial charge in [0.1, 0.15) is 0 Å². The molecule has 0 bridgehead atoms. The molecule has 0 saturated heterocycles. The highest BCUT2D eigenvalue weighted by Crippen LogP contribution is 2.34. The maximum Gasteiger partial charge on any atom is 0.0326 e. The molecule has 0 spiro atoms. The molecule has 15 heavy (non-hydrogen) atoms. The number of nitrogens with two attached hydrogens (primary N) is 1. The molecule has 0 saturated carbocycles. The molecule has 2 heteroatoms. The molecule has 2 N–H and O–H groups in total. The predicted molar refractivity (Wildman–Crippen MR) is 68.2 cm³/mol. The van der Waals surface area contributed by atoms with Crippen LogP contribution in [-0.4, -0.2) is 12.0 Å². The van der Waals surface area contributed by atoms with Crippen molar-refractivity contribution in [2.24, 2.45) is 11.7 Å². The molecule has 0 aromatic heterocycles. The molecule has 0 amide bonds. The molecule has 0 fully saturated rings. The van der Waals surface area contributed by atoms with Gasteiger partial charge in [-0.2, -0.15) is 11.8 Å². The Bertz CT molecular complexity index is 324. The van der Waals surface area contributed by atoms with Crippen molar-refractivity contribution < 1.29 is 0 Å². The Balaban J connectivity index is 2.11. The Kier molecular flexibility index (Phi) is 3.71. The fraction of sp³-hybridized carbons (Fsp3) is 0.538. The first-order valence-electron chi connectivity index (χ1n) is 5.65. The van der Waals surface area contributed by atoms with Gasteiger partial charge in [0.15, 0.2) is 0 Å². The number of hydrogen-bond donors (Lipinski definition) is 1. The first-order chi connectivity index (χ1) is 7.33. The summed E-state index contributed by atoms with van der Waals surface area (Å²) in [6.45, 7) is 0. The fourth-order valence-electron chi connectivity index (χ4n) is 2.45. The van der Waals surface area contributed by atoms with E-state index in [2.05, 4.69) is 30.5 Å². The lowest BCUT2D eigenvalue weighted by atomic mass is 9.79. The number of thioether (sulfide) groups is 1. The van der Waals surface area contributed by atoms with Crippen molar-refractivity contribution in [2.75, 3.05) is 12.0 Å². The van der Waals surface area contributed by atoms with Crippen LogP contribution in [0.4, 0.5) is 0 Å². The van der Waals surface area contributed by atoms with E-state index in [-0.39, 0.29) is 6.04 Å². The molecule has 1 aliphatic rings. The molecular formula is C13H19NS. The second kappa shape index (κ2) is 5.04. The largest absolute Gasteiger partial charge is 0.324 e. The number of hydrogen-bond acceptors (Lipinski definition) is 2.